The van der Waals surface area contributed by atoms with E-state index >= 15 is 0 Å². The highest BCUT2D eigenvalue weighted by Gasteiger charge is 2.46. The minimum atomic E-state index is -0.270. The molecule has 0 radical (unpaired) electrons. The van der Waals surface area contributed by atoms with Gasteiger partial charge in [-0.1, -0.05) is 24.1 Å². The van der Waals surface area contributed by atoms with Crippen LogP contribution in [-0.4, -0.2) is 35.7 Å². The Bertz CT molecular complexity index is 191. The molecule has 0 bridgehead atoms. The number of carbonyl (C=O) groups excluding carboxylic acids is 1. The summed E-state index contributed by atoms with van der Waals surface area (Å²) in [6.07, 6.45) is 5.53. The third-order valence-corrected chi connectivity index (χ3v) is 2.70. The highest BCUT2D eigenvalue weighted by Crippen LogP contribution is 2.29. The van der Waals surface area contributed by atoms with E-state index < -0.39 is 0 Å². The number of β-lactam (4-membered cyclic amide) rings is 1. The number of hydrogen-bond acceptors (Lipinski definition) is 3. The van der Waals surface area contributed by atoms with Crippen LogP contribution in [0.3, 0.4) is 0 Å². The fourth-order valence-corrected chi connectivity index (χ4v) is 2.00. The maximum atomic E-state index is 11.3. The molecular weight excluding hydrogens is 174 g/mol. The molecule has 68 valence electrons. The van der Waals surface area contributed by atoms with Crippen molar-refractivity contribution in [3.63, 3.8) is 0 Å². The topological polar surface area (TPSA) is 29.5 Å². The van der Waals surface area contributed by atoms with Gasteiger partial charge in [-0.2, -0.15) is 0 Å². The molecule has 1 fully saturated rings. The number of amides is 1. The van der Waals surface area contributed by atoms with Crippen LogP contribution >= 0.6 is 11.9 Å². The molecule has 4 heteroatoms. The zero-order valence-corrected chi connectivity index (χ0v) is 8.30. The van der Waals surface area contributed by atoms with Crippen molar-refractivity contribution in [2.75, 3.05) is 13.4 Å². The Hall–Kier alpha value is -0.480. The van der Waals surface area contributed by atoms with E-state index in [0.717, 1.165) is 0 Å². The molecule has 0 aromatic heterocycles. The van der Waals surface area contributed by atoms with Crippen LogP contribution in [0.5, 0.6) is 0 Å². The maximum Gasteiger partial charge on any atom is 0.264 e. The van der Waals surface area contributed by atoms with Crippen molar-refractivity contribution in [2.45, 2.75) is 19.1 Å². The quantitative estimate of drug-likeness (QED) is 0.376. The third-order valence-electron chi connectivity index (χ3n) is 1.88. The first-order valence-electron chi connectivity index (χ1n) is 3.79. The second-order valence-electron chi connectivity index (χ2n) is 2.52. The van der Waals surface area contributed by atoms with Crippen LogP contribution in [-0.2, 0) is 9.53 Å². The van der Waals surface area contributed by atoms with Crippen LogP contribution in [0, 0.1) is 0 Å². The van der Waals surface area contributed by atoms with Gasteiger partial charge in [-0.3, -0.25) is 9.10 Å². The van der Waals surface area contributed by atoms with Gasteiger partial charge in [0.25, 0.3) is 5.91 Å². The van der Waals surface area contributed by atoms with Gasteiger partial charge in [-0.05, 0) is 6.92 Å². The molecule has 1 rings (SSSR count). The van der Waals surface area contributed by atoms with Crippen molar-refractivity contribution in [3.05, 3.63) is 12.2 Å². The lowest BCUT2D eigenvalue weighted by Crippen LogP contribution is -2.61. The highest BCUT2D eigenvalue weighted by molar-refractivity contribution is 7.96. The summed E-state index contributed by atoms with van der Waals surface area (Å²) >= 11 is 1.44. The van der Waals surface area contributed by atoms with Crippen molar-refractivity contribution >= 4 is 17.9 Å². The van der Waals surface area contributed by atoms with Crippen molar-refractivity contribution < 1.29 is 9.53 Å². The Balaban J connectivity index is 2.63. The molecule has 0 saturated carbocycles. The normalized spacial score (nSPS) is 29.6. The van der Waals surface area contributed by atoms with Gasteiger partial charge in [-0.25, -0.2) is 0 Å². The standard InChI is InChI=1S/C8H13NO2S/c1-4-5-6-7(11-2)8(10)9(6)12-3/h4-7H,1-3H3/b5-4+/t6-,7+/m0/s1. The van der Waals surface area contributed by atoms with Crippen LogP contribution in [0.25, 0.3) is 0 Å². The summed E-state index contributed by atoms with van der Waals surface area (Å²) < 4.78 is 6.76. The first-order chi connectivity index (χ1) is 5.76. The number of hydrogen-bond donors (Lipinski definition) is 0. The summed E-state index contributed by atoms with van der Waals surface area (Å²) in [7, 11) is 1.57. The average Bonchev–Trinajstić information content (AvgIpc) is 2.06. The summed E-state index contributed by atoms with van der Waals surface area (Å²) in [6, 6.07) is 0.113. The summed E-state index contributed by atoms with van der Waals surface area (Å²) in [4.78, 5) is 11.3. The zero-order chi connectivity index (χ0) is 9.14. The molecule has 0 N–H and O–H groups in total. The number of methoxy groups -OCH3 is 1. The predicted molar refractivity (Wildman–Crippen MR) is 49.8 cm³/mol. The molecule has 1 aliphatic rings. The lowest BCUT2D eigenvalue weighted by atomic mass is 10.0. The van der Waals surface area contributed by atoms with E-state index in [4.69, 9.17) is 4.74 Å². The van der Waals surface area contributed by atoms with Crippen LogP contribution in [0.4, 0.5) is 0 Å². The molecule has 3 nitrogen and oxygen atoms in total. The van der Waals surface area contributed by atoms with Gasteiger partial charge in [0.15, 0.2) is 6.10 Å². The zero-order valence-electron chi connectivity index (χ0n) is 7.48. The fourth-order valence-electron chi connectivity index (χ4n) is 1.29. The smallest absolute Gasteiger partial charge is 0.264 e. The molecule has 1 heterocycles. The summed E-state index contributed by atoms with van der Waals surface area (Å²) in [5, 5.41) is 0. The lowest BCUT2D eigenvalue weighted by molar-refractivity contribution is -0.154. The largest absolute Gasteiger partial charge is 0.369 e. The molecule has 1 saturated heterocycles. The molecule has 0 aliphatic carbocycles. The van der Waals surface area contributed by atoms with Gasteiger partial charge in [-0.15, -0.1) is 0 Å². The van der Waals surface area contributed by atoms with E-state index in [0.29, 0.717) is 0 Å². The van der Waals surface area contributed by atoms with Crippen LogP contribution in [0.2, 0.25) is 0 Å². The van der Waals surface area contributed by atoms with E-state index in [2.05, 4.69) is 0 Å². The molecular formula is C8H13NO2S. The van der Waals surface area contributed by atoms with Gasteiger partial charge < -0.3 is 4.74 Å². The van der Waals surface area contributed by atoms with Crippen LogP contribution < -0.4 is 0 Å². The van der Waals surface area contributed by atoms with Crippen molar-refractivity contribution in [2.24, 2.45) is 0 Å². The Morgan fingerprint density at radius 2 is 2.33 bits per heavy atom. The third kappa shape index (κ3) is 1.36. The maximum absolute atomic E-state index is 11.3. The molecule has 0 unspecified atom stereocenters. The Morgan fingerprint density at radius 1 is 1.67 bits per heavy atom. The van der Waals surface area contributed by atoms with E-state index in [1.807, 2.05) is 25.3 Å². The van der Waals surface area contributed by atoms with Crippen molar-refractivity contribution in [3.8, 4) is 0 Å². The minimum Gasteiger partial charge on any atom is -0.369 e. The molecule has 2 atom stereocenters. The monoisotopic (exact) mass is 187 g/mol. The number of carbonyl (C=O) groups is 1. The predicted octanol–water partition coefficient (Wildman–Crippen LogP) is 1.07. The second-order valence-corrected chi connectivity index (χ2v) is 3.28. The molecule has 1 aliphatic heterocycles. The van der Waals surface area contributed by atoms with Crippen molar-refractivity contribution in [1.82, 2.24) is 4.31 Å². The van der Waals surface area contributed by atoms with Crippen molar-refractivity contribution in [1.29, 1.82) is 0 Å². The second kappa shape index (κ2) is 3.96. The van der Waals surface area contributed by atoms with Crippen LogP contribution in [0.15, 0.2) is 12.2 Å². The average molecular weight is 187 g/mol. The Labute approximate surface area is 76.9 Å². The van der Waals surface area contributed by atoms with E-state index in [1.54, 1.807) is 11.4 Å². The van der Waals surface area contributed by atoms with E-state index in [9.17, 15) is 4.79 Å². The fraction of sp³-hybridized carbons (Fsp3) is 0.625. The number of allylic oxidation sites excluding steroid dienone is 1. The first kappa shape index (κ1) is 9.61. The van der Waals surface area contributed by atoms with Crippen LogP contribution in [0.1, 0.15) is 6.92 Å². The SMILES string of the molecule is C/C=C/[C@H]1[C@@H](OC)C(=O)N1SC. The van der Waals surface area contributed by atoms with Gasteiger partial charge in [0.2, 0.25) is 0 Å². The minimum absolute atomic E-state index is 0.0631. The Kier molecular flexibility index (Phi) is 3.17. The molecule has 0 aromatic carbocycles. The molecule has 1 amide bonds. The van der Waals surface area contributed by atoms with Gasteiger partial charge in [0.1, 0.15) is 0 Å². The Morgan fingerprint density at radius 3 is 2.75 bits per heavy atom. The molecule has 0 spiro atoms. The first-order valence-corrected chi connectivity index (χ1v) is 4.97. The van der Waals surface area contributed by atoms with Gasteiger partial charge in [0, 0.05) is 13.4 Å². The summed E-state index contributed by atoms with van der Waals surface area (Å²) in [5.74, 6) is 0.0631. The summed E-state index contributed by atoms with van der Waals surface area (Å²) in [5.41, 5.74) is 0. The number of ether oxygens (including phenoxy) is 1. The van der Waals surface area contributed by atoms with E-state index in [1.165, 1.54) is 11.9 Å². The van der Waals surface area contributed by atoms with Gasteiger partial charge in [0.05, 0.1) is 6.04 Å². The highest BCUT2D eigenvalue weighted by atomic mass is 32.2. The molecule has 12 heavy (non-hydrogen) atoms. The molecule has 0 aromatic rings. The number of rotatable bonds is 3. The van der Waals surface area contributed by atoms with E-state index in [-0.39, 0.29) is 18.1 Å². The summed E-state index contributed by atoms with van der Waals surface area (Å²) in [6.45, 7) is 1.94. The number of nitrogens with zero attached hydrogens (tertiary/aromatic N) is 1. The lowest BCUT2D eigenvalue weighted by Gasteiger charge is -2.42. The van der Waals surface area contributed by atoms with Gasteiger partial charge >= 0.3 is 0 Å².